The molecule has 0 aliphatic carbocycles. The number of ether oxygens (including phenoxy) is 1. The van der Waals surface area contributed by atoms with E-state index in [9.17, 15) is 0 Å². The molecule has 0 aromatic carbocycles. The SMILES string of the molecule is COc1cnc(C)cc1NCCc1ccnn1C. The van der Waals surface area contributed by atoms with Crippen LogP contribution in [0.4, 0.5) is 5.69 Å². The molecule has 0 radical (unpaired) electrons. The Balaban J connectivity index is 1.98. The van der Waals surface area contributed by atoms with Crippen molar-refractivity contribution in [3.63, 3.8) is 0 Å². The van der Waals surface area contributed by atoms with Crippen LogP contribution in [0.2, 0.25) is 0 Å². The Labute approximate surface area is 107 Å². The van der Waals surface area contributed by atoms with Gasteiger partial charge in [-0.05, 0) is 19.1 Å². The van der Waals surface area contributed by atoms with Gasteiger partial charge in [0, 0.05) is 37.6 Å². The molecule has 5 heteroatoms. The van der Waals surface area contributed by atoms with Crippen LogP contribution in [0.25, 0.3) is 0 Å². The van der Waals surface area contributed by atoms with Crippen LogP contribution in [0.5, 0.6) is 5.75 Å². The Bertz CT molecular complexity index is 521. The molecule has 96 valence electrons. The normalized spacial score (nSPS) is 10.4. The summed E-state index contributed by atoms with van der Waals surface area (Å²) in [4.78, 5) is 4.20. The van der Waals surface area contributed by atoms with E-state index in [1.165, 1.54) is 5.69 Å². The fourth-order valence-electron chi connectivity index (χ4n) is 1.82. The number of rotatable bonds is 5. The highest BCUT2D eigenvalue weighted by Crippen LogP contribution is 2.23. The lowest BCUT2D eigenvalue weighted by Crippen LogP contribution is -2.09. The van der Waals surface area contributed by atoms with Crippen LogP contribution in [0.15, 0.2) is 24.5 Å². The van der Waals surface area contributed by atoms with Crippen LogP contribution >= 0.6 is 0 Å². The molecule has 1 N–H and O–H groups in total. The highest BCUT2D eigenvalue weighted by atomic mass is 16.5. The third kappa shape index (κ3) is 2.80. The van der Waals surface area contributed by atoms with Gasteiger partial charge >= 0.3 is 0 Å². The number of nitrogens with one attached hydrogen (secondary N) is 1. The van der Waals surface area contributed by atoms with Gasteiger partial charge in [0.15, 0.2) is 5.75 Å². The van der Waals surface area contributed by atoms with Crippen molar-refractivity contribution in [3.8, 4) is 5.75 Å². The van der Waals surface area contributed by atoms with Crippen LogP contribution in [0, 0.1) is 6.92 Å². The number of aryl methyl sites for hydroxylation is 2. The fourth-order valence-corrected chi connectivity index (χ4v) is 1.82. The second kappa shape index (κ2) is 5.53. The van der Waals surface area contributed by atoms with Gasteiger partial charge in [0.05, 0.1) is 19.0 Å². The summed E-state index contributed by atoms with van der Waals surface area (Å²) in [5, 5.41) is 7.51. The molecule has 0 aliphatic heterocycles. The zero-order valence-corrected chi connectivity index (χ0v) is 11.0. The molecule has 0 saturated heterocycles. The number of aromatic nitrogens is 3. The average Bonchev–Trinajstić information content (AvgIpc) is 2.76. The molecular formula is C13H18N4O. The van der Waals surface area contributed by atoms with Crippen LogP contribution in [-0.2, 0) is 13.5 Å². The number of pyridine rings is 1. The maximum atomic E-state index is 5.27. The number of anilines is 1. The summed E-state index contributed by atoms with van der Waals surface area (Å²) in [5.41, 5.74) is 3.15. The van der Waals surface area contributed by atoms with E-state index in [1.54, 1.807) is 13.3 Å². The third-order valence-corrected chi connectivity index (χ3v) is 2.84. The quantitative estimate of drug-likeness (QED) is 0.873. The van der Waals surface area contributed by atoms with Gasteiger partial charge in [0.2, 0.25) is 0 Å². The van der Waals surface area contributed by atoms with Crippen molar-refractivity contribution in [2.24, 2.45) is 7.05 Å². The third-order valence-electron chi connectivity index (χ3n) is 2.84. The minimum Gasteiger partial charge on any atom is -0.493 e. The van der Waals surface area contributed by atoms with Gasteiger partial charge in [-0.2, -0.15) is 5.10 Å². The zero-order valence-electron chi connectivity index (χ0n) is 11.0. The van der Waals surface area contributed by atoms with Gasteiger partial charge in [-0.1, -0.05) is 0 Å². The van der Waals surface area contributed by atoms with E-state index in [4.69, 9.17) is 4.74 Å². The zero-order chi connectivity index (χ0) is 13.0. The molecule has 0 fully saturated rings. The van der Waals surface area contributed by atoms with E-state index in [0.29, 0.717) is 0 Å². The van der Waals surface area contributed by atoms with E-state index in [-0.39, 0.29) is 0 Å². The smallest absolute Gasteiger partial charge is 0.160 e. The summed E-state index contributed by atoms with van der Waals surface area (Å²) in [5.74, 6) is 0.769. The van der Waals surface area contributed by atoms with Crippen molar-refractivity contribution in [2.75, 3.05) is 19.0 Å². The molecule has 0 atom stereocenters. The molecular weight excluding hydrogens is 228 g/mol. The topological polar surface area (TPSA) is 52.0 Å². The van der Waals surface area contributed by atoms with Gasteiger partial charge < -0.3 is 10.1 Å². The van der Waals surface area contributed by atoms with Crippen LogP contribution in [0.3, 0.4) is 0 Å². The van der Waals surface area contributed by atoms with Crippen molar-refractivity contribution in [3.05, 3.63) is 35.9 Å². The summed E-state index contributed by atoms with van der Waals surface area (Å²) in [6, 6.07) is 4.01. The van der Waals surface area contributed by atoms with Crippen LogP contribution in [0.1, 0.15) is 11.4 Å². The van der Waals surface area contributed by atoms with Crippen molar-refractivity contribution in [1.82, 2.24) is 14.8 Å². The second-order valence-electron chi connectivity index (χ2n) is 4.15. The van der Waals surface area contributed by atoms with Gasteiger partial charge in [-0.25, -0.2) is 0 Å². The van der Waals surface area contributed by atoms with E-state index in [1.807, 2.05) is 37.0 Å². The first-order valence-electron chi connectivity index (χ1n) is 5.92. The summed E-state index contributed by atoms with van der Waals surface area (Å²) in [7, 11) is 3.60. The Hall–Kier alpha value is -2.04. The summed E-state index contributed by atoms with van der Waals surface area (Å²) in [6.07, 6.45) is 4.47. The predicted octanol–water partition coefficient (Wildman–Crippen LogP) is 1.79. The molecule has 0 bridgehead atoms. The van der Waals surface area contributed by atoms with Crippen molar-refractivity contribution in [1.29, 1.82) is 0 Å². The summed E-state index contributed by atoms with van der Waals surface area (Å²) < 4.78 is 7.15. The first-order valence-corrected chi connectivity index (χ1v) is 5.92. The maximum Gasteiger partial charge on any atom is 0.160 e. The Morgan fingerprint density at radius 1 is 1.44 bits per heavy atom. The predicted molar refractivity (Wildman–Crippen MR) is 70.9 cm³/mol. The molecule has 2 aromatic heterocycles. The molecule has 2 aromatic rings. The number of hydrogen-bond donors (Lipinski definition) is 1. The number of methoxy groups -OCH3 is 1. The van der Waals surface area contributed by atoms with Gasteiger partial charge in [0.25, 0.3) is 0 Å². The highest BCUT2D eigenvalue weighted by molar-refractivity contribution is 5.55. The molecule has 0 saturated carbocycles. The van der Waals surface area contributed by atoms with E-state index >= 15 is 0 Å². The van der Waals surface area contributed by atoms with E-state index in [2.05, 4.69) is 15.4 Å². The average molecular weight is 246 g/mol. The summed E-state index contributed by atoms with van der Waals surface area (Å²) in [6.45, 7) is 2.80. The highest BCUT2D eigenvalue weighted by Gasteiger charge is 2.04. The minimum atomic E-state index is 0.769. The molecule has 2 rings (SSSR count). The first-order chi connectivity index (χ1) is 8.70. The lowest BCUT2D eigenvalue weighted by atomic mass is 10.2. The molecule has 0 amide bonds. The molecule has 0 unspecified atom stereocenters. The van der Waals surface area contributed by atoms with Crippen LogP contribution < -0.4 is 10.1 Å². The monoisotopic (exact) mass is 246 g/mol. The lowest BCUT2D eigenvalue weighted by Gasteiger charge is -2.11. The molecule has 0 spiro atoms. The first kappa shape index (κ1) is 12.4. The number of hydrogen-bond acceptors (Lipinski definition) is 4. The minimum absolute atomic E-state index is 0.769. The standard InChI is InChI=1S/C13H18N4O/c1-10-8-12(13(18-3)9-15-10)14-6-4-11-5-7-16-17(11)2/h5,7-9H,4,6H2,1-3H3,(H,14,15). The van der Waals surface area contributed by atoms with Gasteiger partial charge in [0.1, 0.15) is 0 Å². The second-order valence-corrected chi connectivity index (χ2v) is 4.15. The Kier molecular flexibility index (Phi) is 3.82. The van der Waals surface area contributed by atoms with Crippen molar-refractivity contribution < 1.29 is 4.74 Å². The van der Waals surface area contributed by atoms with Crippen molar-refractivity contribution >= 4 is 5.69 Å². The molecule has 2 heterocycles. The largest absolute Gasteiger partial charge is 0.493 e. The van der Waals surface area contributed by atoms with E-state index < -0.39 is 0 Å². The van der Waals surface area contributed by atoms with E-state index in [0.717, 1.165) is 30.1 Å². The van der Waals surface area contributed by atoms with Gasteiger partial charge in [-0.3, -0.25) is 9.67 Å². The fraction of sp³-hybridized carbons (Fsp3) is 0.385. The Morgan fingerprint density at radius 3 is 2.94 bits per heavy atom. The van der Waals surface area contributed by atoms with Crippen LogP contribution in [-0.4, -0.2) is 28.4 Å². The Morgan fingerprint density at radius 2 is 2.28 bits per heavy atom. The lowest BCUT2D eigenvalue weighted by molar-refractivity contribution is 0.414. The number of nitrogens with zero attached hydrogens (tertiary/aromatic N) is 3. The van der Waals surface area contributed by atoms with Gasteiger partial charge in [-0.15, -0.1) is 0 Å². The maximum absolute atomic E-state index is 5.27. The molecule has 18 heavy (non-hydrogen) atoms. The molecule has 5 nitrogen and oxygen atoms in total. The summed E-state index contributed by atoms with van der Waals surface area (Å²) >= 11 is 0. The van der Waals surface area contributed by atoms with Crippen molar-refractivity contribution in [2.45, 2.75) is 13.3 Å². The molecule has 0 aliphatic rings.